The number of anilines is 1. The molecule has 0 saturated carbocycles. The Bertz CT molecular complexity index is 1610. The molecular formula is C25H25Cl2N5O5. The lowest BCUT2D eigenvalue weighted by Crippen LogP contribution is -2.50. The van der Waals surface area contributed by atoms with Crippen LogP contribution in [0.3, 0.4) is 0 Å². The molecule has 0 aliphatic carbocycles. The summed E-state index contributed by atoms with van der Waals surface area (Å²) in [6, 6.07) is 8.32. The summed E-state index contributed by atoms with van der Waals surface area (Å²) in [5.41, 5.74) is -0.653. The average molecular weight is 546 g/mol. The normalized spacial score (nSPS) is 11.8. The number of carboxylic acid groups (broad SMARTS) is 1. The van der Waals surface area contributed by atoms with Gasteiger partial charge in [-0.1, -0.05) is 37.0 Å². The number of rotatable bonds is 5. The van der Waals surface area contributed by atoms with Gasteiger partial charge in [0.15, 0.2) is 5.75 Å². The summed E-state index contributed by atoms with van der Waals surface area (Å²) < 4.78 is 6.82. The van der Waals surface area contributed by atoms with Crippen LogP contribution in [-0.2, 0) is 0 Å². The molecule has 2 aromatic heterocycles. The van der Waals surface area contributed by atoms with E-state index in [-0.39, 0.29) is 21.5 Å². The number of fused-ring (bicyclic) bond motifs is 1. The molecule has 1 amide bonds. The van der Waals surface area contributed by atoms with Gasteiger partial charge in [-0.05, 0) is 62.6 Å². The fraction of sp³-hybridized carbons (Fsp3) is 0.280. The van der Waals surface area contributed by atoms with Crippen molar-refractivity contribution in [2.45, 2.75) is 46.1 Å². The SMILES string of the molecule is CC(C)c1c[nH]c2ccc(Oc3c(Cl)cc(-n4nc(N(C(=O)O)C(C)(C)C)c(=O)[nH]c4=O)cc3Cl)cc12. The second kappa shape index (κ2) is 9.60. The quantitative estimate of drug-likeness (QED) is 0.285. The van der Waals surface area contributed by atoms with E-state index in [1.165, 1.54) is 12.1 Å². The zero-order chi connectivity index (χ0) is 27.2. The van der Waals surface area contributed by atoms with Crippen molar-refractivity contribution in [3.8, 4) is 17.2 Å². The van der Waals surface area contributed by atoms with Crippen LogP contribution in [0.1, 0.15) is 46.1 Å². The number of ether oxygens (including phenoxy) is 1. The van der Waals surface area contributed by atoms with E-state index in [1.54, 1.807) is 26.8 Å². The van der Waals surface area contributed by atoms with Crippen LogP contribution < -0.4 is 20.9 Å². The number of amides is 1. The van der Waals surface area contributed by atoms with Crippen LogP contribution in [0.5, 0.6) is 11.5 Å². The number of aromatic nitrogens is 4. The highest BCUT2D eigenvalue weighted by Crippen LogP contribution is 2.39. The first-order valence-corrected chi connectivity index (χ1v) is 12.1. The molecule has 2 heterocycles. The van der Waals surface area contributed by atoms with Crippen LogP contribution in [0, 0.1) is 0 Å². The Hall–Kier alpha value is -3.76. The van der Waals surface area contributed by atoms with Gasteiger partial charge in [-0.2, -0.15) is 4.68 Å². The average Bonchev–Trinajstić information content (AvgIpc) is 3.20. The third kappa shape index (κ3) is 5.07. The molecule has 0 unspecified atom stereocenters. The number of carbonyl (C=O) groups is 1. The number of aromatic amines is 2. The van der Waals surface area contributed by atoms with Gasteiger partial charge in [0.05, 0.1) is 15.7 Å². The van der Waals surface area contributed by atoms with Crippen LogP contribution >= 0.6 is 23.2 Å². The Balaban J connectivity index is 1.76. The molecule has 10 nitrogen and oxygen atoms in total. The number of H-pyrrole nitrogens is 2. The molecule has 0 spiro atoms. The highest BCUT2D eigenvalue weighted by molar-refractivity contribution is 6.37. The molecule has 2 aromatic carbocycles. The van der Waals surface area contributed by atoms with E-state index in [1.807, 2.05) is 18.3 Å². The molecule has 37 heavy (non-hydrogen) atoms. The van der Waals surface area contributed by atoms with E-state index in [2.05, 4.69) is 28.9 Å². The molecule has 0 atom stereocenters. The molecule has 4 rings (SSSR count). The van der Waals surface area contributed by atoms with E-state index in [9.17, 15) is 19.5 Å². The first-order chi connectivity index (χ1) is 17.3. The van der Waals surface area contributed by atoms with Crippen molar-refractivity contribution in [1.82, 2.24) is 19.7 Å². The van der Waals surface area contributed by atoms with Gasteiger partial charge in [0.1, 0.15) is 5.75 Å². The van der Waals surface area contributed by atoms with E-state index >= 15 is 0 Å². The molecule has 0 fully saturated rings. The van der Waals surface area contributed by atoms with Crippen molar-refractivity contribution in [3.05, 3.63) is 73.0 Å². The van der Waals surface area contributed by atoms with Gasteiger partial charge < -0.3 is 14.8 Å². The predicted molar refractivity (Wildman–Crippen MR) is 143 cm³/mol. The molecular weight excluding hydrogens is 521 g/mol. The minimum Gasteiger partial charge on any atom is -0.465 e. The van der Waals surface area contributed by atoms with Crippen LogP contribution in [0.4, 0.5) is 10.6 Å². The highest BCUT2D eigenvalue weighted by atomic mass is 35.5. The maximum atomic E-state index is 12.6. The number of benzene rings is 2. The smallest absolute Gasteiger partial charge is 0.413 e. The van der Waals surface area contributed by atoms with Gasteiger partial charge in [0, 0.05) is 22.6 Å². The lowest BCUT2D eigenvalue weighted by Gasteiger charge is -2.31. The van der Waals surface area contributed by atoms with Gasteiger partial charge in [-0.25, -0.2) is 9.59 Å². The second-order valence-corrected chi connectivity index (χ2v) is 10.5. The number of nitrogens with one attached hydrogen (secondary N) is 2. The van der Waals surface area contributed by atoms with Crippen molar-refractivity contribution in [1.29, 1.82) is 0 Å². The minimum absolute atomic E-state index is 0.0770. The molecule has 0 saturated heterocycles. The van der Waals surface area contributed by atoms with Crippen molar-refractivity contribution >= 4 is 46.0 Å². The largest absolute Gasteiger partial charge is 0.465 e. The lowest BCUT2D eigenvalue weighted by molar-refractivity contribution is 0.195. The maximum Gasteiger partial charge on any atom is 0.413 e. The van der Waals surface area contributed by atoms with Gasteiger partial charge in [-0.3, -0.25) is 14.7 Å². The molecule has 194 valence electrons. The first-order valence-electron chi connectivity index (χ1n) is 11.3. The summed E-state index contributed by atoms with van der Waals surface area (Å²) in [6.07, 6.45) is 0.554. The van der Waals surface area contributed by atoms with E-state index in [0.717, 1.165) is 26.0 Å². The van der Waals surface area contributed by atoms with Crippen LogP contribution in [-0.4, -0.2) is 36.5 Å². The summed E-state index contributed by atoms with van der Waals surface area (Å²) in [7, 11) is 0. The molecule has 4 aromatic rings. The Labute approximate surface area is 221 Å². The third-order valence-corrected chi connectivity index (χ3v) is 6.20. The van der Waals surface area contributed by atoms with Crippen molar-refractivity contribution < 1.29 is 14.6 Å². The fourth-order valence-corrected chi connectivity index (χ4v) is 4.51. The number of hydrogen-bond donors (Lipinski definition) is 3. The first kappa shape index (κ1) is 26.3. The monoisotopic (exact) mass is 545 g/mol. The number of nitrogens with zero attached hydrogens (tertiary/aromatic N) is 3. The van der Waals surface area contributed by atoms with Crippen LogP contribution in [0.15, 0.2) is 46.1 Å². The predicted octanol–water partition coefficient (Wildman–Crippen LogP) is 5.91. The van der Waals surface area contributed by atoms with Gasteiger partial charge >= 0.3 is 11.8 Å². The zero-order valence-corrected chi connectivity index (χ0v) is 22.2. The van der Waals surface area contributed by atoms with Gasteiger partial charge in [0.2, 0.25) is 5.82 Å². The Morgan fingerprint density at radius 2 is 1.78 bits per heavy atom. The maximum absolute atomic E-state index is 12.6. The fourth-order valence-electron chi connectivity index (χ4n) is 3.95. The summed E-state index contributed by atoms with van der Waals surface area (Å²) in [6.45, 7) is 8.96. The van der Waals surface area contributed by atoms with Crippen molar-refractivity contribution in [2.75, 3.05) is 4.90 Å². The van der Waals surface area contributed by atoms with Gasteiger partial charge in [-0.15, -0.1) is 5.10 Å². The van der Waals surface area contributed by atoms with Crippen LogP contribution in [0.2, 0.25) is 10.0 Å². The van der Waals surface area contributed by atoms with Crippen molar-refractivity contribution in [3.63, 3.8) is 0 Å². The Morgan fingerprint density at radius 1 is 1.14 bits per heavy atom. The van der Waals surface area contributed by atoms with Crippen molar-refractivity contribution in [2.24, 2.45) is 0 Å². The molecule has 12 heteroatoms. The lowest BCUT2D eigenvalue weighted by atomic mass is 10.0. The summed E-state index contributed by atoms with van der Waals surface area (Å²) in [5.74, 6) is 0.494. The molecule has 0 aliphatic rings. The number of halogens is 2. The summed E-state index contributed by atoms with van der Waals surface area (Å²) in [5, 5.41) is 14.9. The standard InChI is InChI=1S/C25H25Cl2N5O5/c1-12(2)16-11-28-19-7-6-14(10-15(16)19)37-20-17(26)8-13(9-18(20)27)32-23(34)29-22(33)21(30-32)31(24(35)36)25(3,4)5/h6-12,28H,1-5H3,(H,35,36)(H,29,33,34). The number of hydrogen-bond acceptors (Lipinski definition) is 5. The van der Waals surface area contributed by atoms with E-state index in [0.29, 0.717) is 11.7 Å². The minimum atomic E-state index is -1.41. The molecule has 0 aliphatic heterocycles. The zero-order valence-electron chi connectivity index (χ0n) is 20.7. The topological polar surface area (TPSA) is 133 Å². The van der Waals surface area contributed by atoms with E-state index < -0.39 is 28.7 Å². The molecule has 3 N–H and O–H groups in total. The molecule has 0 radical (unpaired) electrons. The summed E-state index contributed by atoms with van der Waals surface area (Å²) in [4.78, 5) is 43.0. The Morgan fingerprint density at radius 3 is 2.35 bits per heavy atom. The highest BCUT2D eigenvalue weighted by Gasteiger charge is 2.32. The summed E-state index contributed by atoms with van der Waals surface area (Å²) >= 11 is 13.0. The Kier molecular flexibility index (Phi) is 6.83. The van der Waals surface area contributed by atoms with E-state index in [4.69, 9.17) is 27.9 Å². The van der Waals surface area contributed by atoms with Crippen LogP contribution in [0.25, 0.3) is 16.6 Å². The van der Waals surface area contributed by atoms with Gasteiger partial charge in [0.25, 0.3) is 5.56 Å². The second-order valence-electron chi connectivity index (χ2n) is 9.73. The third-order valence-electron chi connectivity index (χ3n) is 5.64. The molecule has 0 bridgehead atoms.